The average molecular weight is 430 g/mol. The predicted octanol–water partition coefficient (Wildman–Crippen LogP) is 4.89. The van der Waals surface area contributed by atoms with Crippen molar-refractivity contribution in [2.45, 2.75) is 27.2 Å². The van der Waals surface area contributed by atoms with Crippen molar-refractivity contribution < 1.29 is 18.5 Å². The first kappa shape index (κ1) is 25.3. The van der Waals surface area contributed by atoms with Gasteiger partial charge in [-0.1, -0.05) is 42.5 Å². The third-order valence-electron chi connectivity index (χ3n) is 4.26. The summed E-state index contributed by atoms with van der Waals surface area (Å²) in [6.45, 7) is 5.94. The van der Waals surface area contributed by atoms with Gasteiger partial charge in [-0.25, -0.2) is 0 Å². The lowest BCUT2D eigenvalue weighted by molar-refractivity contribution is -0.142. The fourth-order valence-corrected chi connectivity index (χ4v) is 3.60. The number of hydrogen-bond donors (Lipinski definition) is 0. The highest BCUT2D eigenvalue weighted by Gasteiger charge is 2.18. The predicted molar refractivity (Wildman–Crippen MR) is 126 cm³/mol. The molecule has 0 fully saturated rings. The van der Waals surface area contributed by atoms with Crippen LogP contribution in [0, 0.1) is 0 Å². The van der Waals surface area contributed by atoms with E-state index in [1.165, 1.54) is 0 Å². The Kier molecular flexibility index (Phi) is 12.0. The molecule has 6 heteroatoms. The summed E-state index contributed by atoms with van der Waals surface area (Å²) in [5.74, 6) is 0.629. The highest BCUT2D eigenvalue weighted by atomic mass is 32.2. The van der Waals surface area contributed by atoms with Crippen molar-refractivity contribution in [1.29, 1.82) is 0 Å². The van der Waals surface area contributed by atoms with Crippen molar-refractivity contribution in [3.8, 4) is 5.75 Å². The van der Waals surface area contributed by atoms with Crippen LogP contribution in [0.25, 0.3) is 5.57 Å². The van der Waals surface area contributed by atoms with Gasteiger partial charge in [0.05, 0.1) is 42.4 Å². The number of carbonyl (C=O) groups is 1. The number of carbonyl (C=O) groups excluding carboxylic acids is 1. The van der Waals surface area contributed by atoms with Crippen LogP contribution in [0.1, 0.15) is 32.8 Å². The van der Waals surface area contributed by atoms with Crippen LogP contribution >= 0.6 is 0 Å². The summed E-state index contributed by atoms with van der Waals surface area (Å²) in [5.41, 5.74) is 3.18. The van der Waals surface area contributed by atoms with Gasteiger partial charge in [-0.2, -0.15) is 0 Å². The second-order valence-electron chi connectivity index (χ2n) is 6.25. The van der Waals surface area contributed by atoms with E-state index in [9.17, 15) is 9.00 Å². The molecule has 0 radical (unpaired) electrons. The molecule has 30 heavy (non-hydrogen) atoms. The molecule has 0 aliphatic heterocycles. The molecule has 0 aliphatic rings. The Morgan fingerprint density at radius 3 is 2.37 bits per heavy atom. The Balaban J connectivity index is 3.20. The molecule has 0 saturated heterocycles. The fraction of sp³-hybridized carbons (Fsp3) is 0.333. The summed E-state index contributed by atoms with van der Waals surface area (Å²) in [5, 5.41) is 1.62. The number of hydrogen-bond acceptors (Lipinski definition) is 5. The van der Waals surface area contributed by atoms with Crippen LogP contribution in [0.3, 0.4) is 0 Å². The van der Waals surface area contributed by atoms with E-state index in [1.807, 2.05) is 62.4 Å². The van der Waals surface area contributed by atoms with E-state index in [4.69, 9.17) is 9.47 Å². The quantitative estimate of drug-likeness (QED) is 0.285. The fourth-order valence-electron chi connectivity index (χ4n) is 2.66. The topological polar surface area (TPSA) is 65.0 Å². The van der Waals surface area contributed by atoms with Crippen molar-refractivity contribution in [3.05, 3.63) is 71.2 Å². The Labute approximate surface area is 182 Å². The third kappa shape index (κ3) is 8.74. The maximum absolute atomic E-state index is 12.5. The molecule has 0 N–H and O–H groups in total. The summed E-state index contributed by atoms with van der Waals surface area (Å²) in [6, 6.07) is 7.58. The van der Waals surface area contributed by atoms with Gasteiger partial charge in [-0.3, -0.25) is 14.0 Å². The minimum atomic E-state index is -1.27. The molecule has 1 atom stereocenters. The molecular weight excluding hydrogens is 398 g/mol. The summed E-state index contributed by atoms with van der Waals surface area (Å²) in [6.07, 6.45) is 9.30. The van der Waals surface area contributed by atoms with Gasteiger partial charge in [0.15, 0.2) is 0 Å². The maximum atomic E-state index is 12.5. The Morgan fingerprint density at radius 2 is 1.80 bits per heavy atom. The van der Waals surface area contributed by atoms with Gasteiger partial charge in [0.25, 0.3) is 0 Å². The van der Waals surface area contributed by atoms with E-state index in [2.05, 4.69) is 4.99 Å². The molecule has 0 spiro atoms. The Morgan fingerprint density at radius 1 is 1.13 bits per heavy atom. The number of allylic oxidation sites excluding steroid dienone is 6. The van der Waals surface area contributed by atoms with Gasteiger partial charge in [0, 0.05) is 12.5 Å². The molecule has 1 aromatic rings. The van der Waals surface area contributed by atoms with Crippen LogP contribution < -0.4 is 4.74 Å². The highest BCUT2D eigenvalue weighted by molar-refractivity contribution is 7.88. The second-order valence-corrected chi connectivity index (χ2v) is 7.57. The minimum absolute atomic E-state index is 0.0699. The van der Waals surface area contributed by atoms with E-state index in [0.29, 0.717) is 12.3 Å². The van der Waals surface area contributed by atoms with Crippen LogP contribution in [-0.2, 0) is 20.3 Å². The zero-order valence-corrected chi connectivity index (χ0v) is 19.2. The molecule has 0 aromatic heterocycles. The molecular formula is C24H31NO4S. The summed E-state index contributed by atoms with van der Waals surface area (Å²) >= 11 is 0. The normalized spacial score (nSPS) is 14.4. The molecule has 0 aliphatic carbocycles. The lowest BCUT2D eigenvalue weighted by Gasteiger charge is -2.15. The molecule has 162 valence electrons. The first-order valence-electron chi connectivity index (χ1n) is 9.75. The molecule has 1 unspecified atom stereocenters. The number of benzene rings is 1. The number of ether oxygens (including phenoxy) is 2. The summed E-state index contributed by atoms with van der Waals surface area (Å²) < 4.78 is 22.9. The van der Waals surface area contributed by atoms with Crippen molar-refractivity contribution in [2.75, 3.05) is 26.5 Å². The van der Waals surface area contributed by atoms with Gasteiger partial charge in [-0.05, 0) is 49.6 Å². The number of esters is 1. The van der Waals surface area contributed by atoms with Crippen LogP contribution in [-0.4, -0.2) is 42.4 Å². The lowest BCUT2D eigenvalue weighted by Crippen LogP contribution is -2.17. The number of nitrogens with zero attached hydrogens (tertiary/aromatic N) is 1. The van der Waals surface area contributed by atoms with Gasteiger partial charge in [-0.15, -0.1) is 0 Å². The second kappa shape index (κ2) is 14.3. The van der Waals surface area contributed by atoms with Gasteiger partial charge in [0.1, 0.15) is 5.75 Å². The average Bonchev–Trinajstić information content (AvgIpc) is 2.75. The molecule has 1 aromatic carbocycles. The van der Waals surface area contributed by atoms with Crippen LogP contribution in [0.2, 0.25) is 0 Å². The number of aliphatic imine (C=N–C) groups is 1. The molecule has 0 saturated carbocycles. The van der Waals surface area contributed by atoms with E-state index in [1.54, 1.807) is 32.6 Å². The smallest absolute Gasteiger partial charge is 0.310 e. The molecule has 0 heterocycles. The van der Waals surface area contributed by atoms with Gasteiger partial charge < -0.3 is 9.47 Å². The monoisotopic (exact) mass is 429 g/mol. The van der Waals surface area contributed by atoms with Crippen LogP contribution in [0.15, 0.2) is 70.6 Å². The number of methoxy groups -OCH3 is 1. The Bertz CT molecular complexity index is 862. The van der Waals surface area contributed by atoms with E-state index >= 15 is 0 Å². The molecule has 0 bridgehead atoms. The standard InChI is InChI=1S/C24H31NO4S/c1-6-8-9-10-11-16-30(27)18-23(25-4)22(17-24(26)29-7-2)19(3)20-12-14-21(28-5)15-13-20/h6,8-16H,7,17-18H2,1-5H3/b8-6-,10-9-,16-11+,22-19+,25-23?. The largest absolute Gasteiger partial charge is 0.497 e. The lowest BCUT2D eigenvalue weighted by atomic mass is 9.96. The Hall–Kier alpha value is -2.73. The summed E-state index contributed by atoms with van der Waals surface area (Å²) in [4.78, 5) is 16.6. The SMILES string of the molecule is C\C=C/C=C\C=C\S(=O)CC(=NC)/C(CC(=O)OCC)=C(\C)c1ccc(OC)cc1. The van der Waals surface area contributed by atoms with Gasteiger partial charge in [0.2, 0.25) is 0 Å². The van der Waals surface area contributed by atoms with Crippen molar-refractivity contribution >= 4 is 28.1 Å². The van der Waals surface area contributed by atoms with Crippen molar-refractivity contribution in [1.82, 2.24) is 0 Å². The number of rotatable bonds is 11. The van der Waals surface area contributed by atoms with Crippen molar-refractivity contribution in [2.24, 2.45) is 4.99 Å². The highest BCUT2D eigenvalue weighted by Crippen LogP contribution is 2.25. The van der Waals surface area contributed by atoms with Crippen molar-refractivity contribution in [3.63, 3.8) is 0 Å². The van der Waals surface area contributed by atoms with Crippen LogP contribution in [0.4, 0.5) is 0 Å². The van der Waals surface area contributed by atoms with Crippen LogP contribution in [0.5, 0.6) is 5.75 Å². The maximum Gasteiger partial charge on any atom is 0.310 e. The van der Waals surface area contributed by atoms with Gasteiger partial charge >= 0.3 is 5.97 Å². The molecule has 0 amide bonds. The minimum Gasteiger partial charge on any atom is -0.497 e. The molecule has 1 rings (SSSR count). The molecule has 5 nitrogen and oxygen atoms in total. The zero-order chi connectivity index (χ0) is 22.4. The first-order chi connectivity index (χ1) is 14.5. The third-order valence-corrected chi connectivity index (χ3v) is 5.27. The van der Waals surface area contributed by atoms with E-state index in [-0.39, 0.29) is 18.1 Å². The zero-order valence-electron chi connectivity index (χ0n) is 18.4. The first-order valence-corrected chi connectivity index (χ1v) is 11.1. The summed E-state index contributed by atoms with van der Waals surface area (Å²) in [7, 11) is 2.00. The van der Waals surface area contributed by atoms with E-state index < -0.39 is 10.8 Å². The van der Waals surface area contributed by atoms with E-state index in [0.717, 1.165) is 22.5 Å².